The van der Waals surface area contributed by atoms with Crippen molar-refractivity contribution in [1.82, 2.24) is 10.3 Å². The van der Waals surface area contributed by atoms with E-state index in [-0.39, 0.29) is 0 Å². The number of aromatic nitrogens is 1. The summed E-state index contributed by atoms with van der Waals surface area (Å²) in [7, 11) is 0. The Morgan fingerprint density at radius 2 is 2.32 bits per heavy atom. The van der Waals surface area contributed by atoms with Crippen molar-refractivity contribution >= 4 is 16.7 Å². The lowest BCUT2D eigenvalue weighted by molar-refractivity contribution is 0.614. The number of para-hydroxylation sites is 1. The normalized spacial score (nSPS) is 18.4. The first-order chi connectivity index (χ1) is 9.36. The van der Waals surface area contributed by atoms with Gasteiger partial charge in [0.25, 0.3) is 0 Å². The molecule has 1 aliphatic heterocycles. The Kier molecular flexibility index (Phi) is 3.30. The molecule has 3 rings (SSSR count). The molecule has 4 heteroatoms. The second kappa shape index (κ2) is 5.25. The lowest BCUT2D eigenvalue weighted by Gasteiger charge is -2.11. The van der Waals surface area contributed by atoms with Gasteiger partial charge in [-0.3, -0.25) is 0 Å². The molecule has 2 N–H and O–H groups in total. The van der Waals surface area contributed by atoms with E-state index in [0.717, 1.165) is 36.4 Å². The van der Waals surface area contributed by atoms with Crippen LogP contribution in [0.4, 0.5) is 5.82 Å². The predicted octanol–water partition coefficient (Wildman–Crippen LogP) is 2.13. The molecule has 0 amide bonds. The fourth-order valence-electron chi connectivity index (χ4n) is 2.50. The van der Waals surface area contributed by atoms with Crippen molar-refractivity contribution in [2.24, 2.45) is 5.92 Å². The van der Waals surface area contributed by atoms with E-state index >= 15 is 0 Å². The van der Waals surface area contributed by atoms with Crippen LogP contribution in [0.1, 0.15) is 12.0 Å². The van der Waals surface area contributed by atoms with Crippen LogP contribution in [0, 0.1) is 17.2 Å². The van der Waals surface area contributed by atoms with Crippen LogP contribution in [0.5, 0.6) is 0 Å². The van der Waals surface area contributed by atoms with Gasteiger partial charge in [0.2, 0.25) is 0 Å². The molecule has 1 atom stereocenters. The molecule has 4 nitrogen and oxygen atoms in total. The van der Waals surface area contributed by atoms with Gasteiger partial charge in [0.05, 0.1) is 17.1 Å². The van der Waals surface area contributed by atoms with Gasteiger partial charge < -0.3 is 10.6 Å². The van der Waals surface area contributed by atoms with Crippen LogP contribution in [-0.4, -0.2) is 24.6 Å². The zero-order valence-corrected chi connectivity index (χ0v) is 10.7. The standard InChI is InChI=1S/C15H16N4/c16-8-12-7-15(18-10-11-5-6-17-9-11)19-14-4-2-1-3-13(12)14/h1-4,7,11,17H,5-6,9-10H2,(H,18,19). The van der Waals surface area contributed by atoms with Crippen LogP contribution < -0.4 is 10.6 Å². The number of nitrogens with one attached hydrogen (secondary N) is 2. The maximum Gasteiger partial charge on any atom is 0.127 e. The summed E-state index contributed by atoms with van der Waals surface area (Å²) in [4.78, 5) is 4.56. The Labute approximate surface area is 112 Å². The van der Waals surface area contributed by atoms with E-state index in [2.05, 4.69) is 21.7 Å². The Bertz CT molecular complexity index is 624. The monoisotopic (exact) mass is 252 g/mol. The molecular formula is C15H16N4. The fourth-order valence-corrected chi connectivity index (χ4v) is 2.50. The smallest absolute Gasteiger partial charge is 0.127 e. The summed E-state index contributed by atoms with van der Waals surface area (Å²) in [6.45, 7) is 3.07. The first-order valence-electron chi connectivity index (χ1n) is 6.61. The van der Waals surface area contributed by atoms with Gasteiger partial charge in [-0.25, -0.2) is 4.98 Å². The number of hydrogen-bond donors (Lipinski definition) is 2. The van der Waals surface area contributed by atoms with Crippen LogP contribution in [0.25, 0.3) is 10.9 Å². The van der Waals surface area contributed by atoms with Crippen LogP contribution in [0.15, 0.2) is 30.3 Å². The van der Waals surface area contributed by atoms with E-state index in [0.29, 0.717) is 11.5 Å². The summed E-state index contributed by atoms with van der Waals surface area (Å²) >= 11 is 0. The molecule has 1 unspecified atom stereocenters. The van der Waals surface area contributed by atoms with Gasteiger partial charge in [-0.2, -0.15) is 5.26 Å². The largest absolute Gasteiger partial charge is 0.370 e. The molecule has 1 aromatic heterocycles. The van der Waals surface area contributed by atoms with E-state index in [9.17, 15) is 5.26 Å². The van der Waals surface area contributed by atoms with Gasteiger partial charge in [0.15, 0.2) is 0 Å². The van der Waals surface area contributed by atoms with Crippen LogP contribution >= 0.6 is 0 Å². The molecule has 1 saturated heterocycles. The van der Waals surface area contributed by atoms with E-state index in [1.807, 2.05) is 30.3 Å². The average molecular weight is 252 g/mol. The molecular weight excluding hydrogens is 236 g/mol. The fraction of sp³-hybridized carbons (Fsp3) is 0.333. The summed E-state index contributed by atoms with van der Waals surface area (Å²) in [6.07, 6.45) is 1.20. The van der Waals surface area contributed by atoms with Crippen LogP contribution in [0.2, 0.25) is 0 Å². The zero-order chi connectivity index (χ0) is 13.1. The zero-order valence-electron chi connectivity index (χ0n) is 10.7. The van der Waals surface area contributed by atoms with Crippen molar-refractivity contribution in [3.63, 3.8) is 0 Å². The molecule has 1 fully saturated rings. The van der Waals surface area contributed by atoms with Gasteiger partial charge in [-0.05, 0) is 37.6 Å². The van der Waals surface area contributed by atoms with Gasteiger partial charge >= 0.3 is 0 Å². The molecule has 2 heterocycles. The highest BCUT2D eigenvalue weighted by Gasteiger charge is 2.14. The number of fused-ring (bicyclic) bond motifs is 1. The number of nitriles is 1. The summed E-state index contributed by atoms with van der Waals surface area (Å²) in [6, 6.07) is 11.8. The molecule has 19 heavy (non-hydrogen) atoms. The molecule has 2 aromatic rings. The van der Waals surface area contributed by atoms with E-state index < -0.39 is 0 Å². The molecule has 0 saturated carbocycles. The number of hydrogen-bond acceptors (Lipinski definition) is 4. The highest BCUT2D eigenvalue weighted by molar-refractivity contribution is 5.86. The maximum absolute atomic E-state index is 9.22. The van der Waals surface area contributed by atoms with Gasteiger partial charge in [-0.1, -0.05) is 18.2 Å². The quantitative estimate of drug-likeness (QED) is 0.878. The minimum absolute atomic E-state index is 0.652. The molecule has 96 valence electrons. The van der Waals surface area contributed by atoms with Crippen LogP contribution in [0.3, 0.4) is 0 Å². The summed E-state index contributed by atoms with van der Waals surface area (Å²) in [5.41, 5.74) is 1.55. The Morgan fingerprint density at radius 3 is 3.11 bits per heavy atom. The van der Waals surface area contributed by atoms with Crippen molar-refractivity contribution < 1.29 is 0 Å². The van der Waals surface area contributed by atoms with Crippen LogP contribution in [-0.2, 0) is 0 Å². The molecule has 1 aliphatic rings. The summed E-state index contributed by atoms with van der Waals surface area (Å²) in [5, 5.41) is 16.8. The van der Waals surface area contributed by atoms with Crippen molar-refractivity contribution in [2.45, 2.75) is 6.42 Å². The second-order valence-corrected chi connectivity index (χ2v) is 4.92. The number of benzene rings is 1. The van der Waals surface area contributed by atoms with Gasteiger partial charge in [0.1, 0.15) is 5.82 Å². The third kappa shape index (κ3) is 2.51. The predicted molar refractivity (Wildman–Crippen MR) is 75.9 cm³/mol. The lowest BCUT2D eigenvalue weighted by Crippen LogP contribution is -2.17. The van der Waals surface area contributed by atoms with E-state index in [1.165, 1.54) is 6.42 Å². The lowest BCUT2D eigenvalue weighted by atomic mass is 10.1. The topological polar surface area (TPSA) is 60.7 Å². The highest BCUT2D eigenvalue weighted by Crippen LogP contribution is 2.20. The molecule has 1 aromatic carbocycles. The van der Waals surface area contributed by atoms with Crippen molar-refractivity contribution in [3.05, 3.63) is 35.9 Å². The molecule has 0 radical (unpaired) electrons. The highest BCUT2D eigenvalue weighted by atomic mass is 15.0. The molecule has 0 bridgehead atoms. The van der Waals surface area contributed by atoms with Gasteiger partial charge in [0, 0.05) is 11.9 Å². The van der Waals surface area contributed by atoms with Gasteiger partial charge in [-0.15, -0.1) is 0 Å². The average Bonchev–Trinajstić information content (AvgIpc) is 2.97. The van der Waals surface area contributed by atoms with E-state index in [4.69, 9.17) is 0 Å². The second-order valence-electron chi connectivity index (χ2n) is 4.92. The first kappa shape index (κ1) is 11.9. The van der Waals surface area contributed by atoms with Crippen molar-refractivity contribution in [3.8, 4) is 6.07 Å². The SMILES string of the molecule is N#Cc1cc(NCC2CCNC2)nc2ccccc12. The molecule has 0 spiro atoms. The van der Waals surface area contributed by atoms with Crippen molar-refractivity contribution in [1.29, 1.82) is 5.26 Å². The Morgan fingerprint density at radius 1 is 1.42 bits per heavy atom. The summed E-state index contributed by atoms with van der Waals surface area (Å²) in [5.74, 6) is 1.45. The minimum atomic E-state index is 0.652. The number of pyridine rings is 1. The third-order valence-electron chi connectivity index (χ3n) is 3.57. The summed E-state index contributed by atoms with van der Waals surface area (Å²) < 4.78 is 0. The third-order valence-corrected chi connectivity index (χ3v) is 3.57. The minimum Gasteiger partial charge on any atom is -0.370 e. The molecule has 0 aliphatic carbocycles. The maximum atomic E-state index is 9.22. The van der Waals surface area contributed by atoms with Crippen molar-refractivity contribution in [2.75, 3.05) is 25.0 Å². The first-order valence-corrected chi connectivity index (χ1v) is 6.61. The number of rotatable bonds is 3. The Hall–Kier alpha value is -2.12. The Balaban J connectivity index is 1.85. The number of anilines is 1. The number of nitrogens with zero attached hydrogens (tertiary/aromatic N) is 2. The van der Waals surface area contributed by atoms with E-state index in [1.54, 1.807) is 0 Å².